The summed E-state index contributed by atoms with van der Waals surface area (Å²) in [6.07, 6.45) is 2.01. The summed E-state index contributed by atoms with van der Waals surface area (Å²) in [5.74, 6) is -0.309. The average Bonchev–Trinajstić information content (AvgIpc) is 2.96. The highest BCUT2D eigenvalue weighted by atomic mass is 32.2. The van der Waals surface area contributed by atoms with Crippen molar-refractivity contribution < 1.29 is 17.9 Å². The van der Waals surface area contributed by atoms with Crippen LogP contribution in [0.4, 0.5) is 0 Å². The zero-order chi connectivity index (χ0) is 13.2. The first-order chi connectivity index (χ1) is 8.47. The Morgan fingerprint density at radius 3 is 2.94 bits per heavy atom. The molecule has 6 nitrogen and oxygen atoms in total. The highest BCUT2D eigenvalue weighted by Gasteiger charge is 2.18. The molecule has 0 aromatic carbocycles. The summed E-state index contributed by atoms with van der Waals surface area (Å²) in [6, 6.07) is 1.28. The second kappa shape index (κ2) is 5.35. The van der Waals surface area contributed by atoms with Crippen LogP contribution in [0.15, 0.2) is 15.7 Å². The lowest BCUT2D eigenvalue weighted by atomic mass is 10.2. The third-order valence-corrected chi connectivity index (χ3v) is 5.02. The lowest BCUT2D eigenvalue weighted by Gasteiger charge is -2.09. The number of thiophene rings is 1. The number of hydrogen-bond donors (Lipinski definition) is 2. The Bertz CT molecular complexity index is 532. The van der Waals surface area contributed by atoms with Gasteiger partial charge in [-0.1, -0.05) is 0 Å². The van der Waals surface area contributed by atoms with Crippen LogP contribution in [0.25, 0.3) is 0 Å². The van der Waals surface area contributed by atoms with Crippen molar-refractivity contribution in [2.45, 2.75) is 23.2 Å². The van der Waals surface area contributed by atoms with Gasteiger partial charge in [0.2, 0.25) is 10.0 Å². The maximum Gasteiger partial charge on any atom is 0.252 e. The van der Waals surface area contributed by atoms with Gasteiger partial charge in [0.05, 0.1) is 11.7 Å². The molecule has 18 heavy (non-hydrogen) atoms. The summed E-state index contributed by atoms with van der Waals surface area (Å²) in [5.41, 5.74) is 0.307. The van der Waals surface area contributed by atoms with Crippen molar-refractivity contribution in [2.75, 3.05) is 13.2 Å². The molecule has 1 fully saturated rings. The molecule has 100 valence electrons. The van der Waals surface area contributed by atoms with Crippen LogP contribution in [0.2, 0.25) is 0 Å². The molecule has 2 heterocycles. The third kappa shape index (κ3) is 3.29. The molecule has 1 amide bonds. The van der Waals surface area contributed by atoms with Crippen LogP contribution in [0, 0.1) is 0 Å². The van der Waals surface area contributed by atoms with Crippen molar-refractivity contribution in [1.82, 2.24) is 5.32 Å². The fourth-order valence-electron chi connectivity index (χ4n) is 1.70. The predicted octanol–water partition coefficient (Wildman–Crippen LogP) is 0.304. The molecule has 3 N–H and O–H groups in total. The van der Waals surface area contributed by atoms with E-state index in [0.717, 1.165) is 30.8 Å². The van der Waals surface area contributed by atoms with Crippen molar-refractivity contribution in [1.29, 1.82) is 0 Å². The minimum Gasteiger partial charge on any atom is -0.376 e. The molecule has 0 saturated carbocycles. The van der Waals surface area contributed by atoms with Crippen LogP contribution < -0.4 is 10.5 Å². The Morgan fingerprint density at radius 2 is 2.39 bits per heavy atom. The van der Waals surface area contributed by atoms with Gasteiger partial charge >= 0.3 is 0 Å². The Morgan fingerprint density at radius 1 is 1.61 bits per heavy atom. The van der Waals surface area contributed by atoms with Crippen LogP contribution in [-0.2, 0) is 14.8 Å². The van der Waals surface area contributed by atoms with Gasteiger partial charge in [0.25, 0.3) is 5.91 Å². The molecule has 2 rings (SSSR count). The largest absolute Gasteiger partial charge is 0.376 e. The van der Waals surface area contributed by atoms with E-state index in [0.29, 0.717) is 12.1 Å². The number of rotatable bonds is 4. The topological polar surface area (TPSA) is 98.5 Å². The summed E-state index contributed by atoms with van der Waals surface area (Å²) in [6.45, 7) is 1.17. The van der Waals surface area contributed by atoms with Crippen LogP contribution >= 0.6 is 11.3 Å². The van der Waals surface area contributed by atoms with E-state index < -0.39 is 10.0 Å². The number of amides is 1. The SMILES string of the molecule is NS(=O)(=O)c1cc(C(=O)NCC2CCCO2)cs1. The Hall–Kier alpha value is -0.960. The number of nitrogens with one attached hydrogen (secondary N) is 1. The second-order valence-corrected chi connectivity index (χ2v) is 6.74. The normalized spacial score (nSPS) is 19.9. The van der Waals surface area contributed by atoms with Gasteiger partial charge in [-0.2, -0.15) is 0 Å². The molecular formula is C10H14N2O4S2. The Labute approximate surface area is 109 Å². The number of nitrogens with two attached hydrogens (primary N) is 1. The number of sulfonamides is 1. The Kier molecular flexibility index (Phi) is 4.00. The monoisotopic (exact) mass is 290 g/mol. The summed E-state index contributed by atoms with van der Waals surface area (Å²) < 4.78 is 27.5. The predicted molar refractivity (Wildman–Crippen MR) is 67.0 cm³/mol. The summed E-state index contributed by atoms with van der Waals surface area (Å²) >= 11 is 0.938. The maximum absolute atomic E-state index is 11.7. The first-order valence-electron chi connectivity index (χ1n) is 5.48. The van der Waals surface area contributed by atoms with Gasteiger partial charge in [-0.15, -0.1) is 11.3 Å². The average molecular weight is 290 g/mol. The molecular weight excluding hydrogens is 276 g/mol. The van der Waals surface area contributed by atoms with Gasteiger partial charge < -0.3 is 10.1 Å². The molecule has 1 aliphatic heterocycles. The number of primary sulfonamides is 1. The highest BCUT2D eigenvalue weighted by Crippen LogP contribution is 2.18. The lowest BCUT2D eigenvalue weighted by Crippen LogP contribution is -2.31. The minimum atomic E-state index is -3.73. The molecule has 0 spiro atoms. The van der Waals surface area contributed by atoms with Crippen LogP contribution in [0.1, 0.15) is 23.2 Å². The van der Waals surface area contributed by atoms with Crippen molar-refractivity contribution in [3.8, 4) is 0 Å². The highest BCUT2D eigenvalue weighted by molar-refractivity contribution is 7.91. The molecule has 1 aliphatic rings. The van der Waals surface area contributed by atoms with Gasteiger partial charge in [0, 0.05) is 18.5 Å². The number of carbonyl (C=O) groups excluding carboxylic acids is 1. The van der Waals surface area contributed by atoms with E-state index >= 15 is 0 Å². The molecule has 1 atom stereocenters. The van der Waals surface area contributed by atoms with E-state index in [2.05, 4.69) is 5.32 Å². The van der Waals surface area contributed by atoms with Crippen LogP contribution in [0.5, 0.6) is 0 Å². The zero-order valence-electron chi connectivity index (χ0n) is 9.59. The standard InChI is InChI=1S/C10H14N2O4S2/c11-18(14,15)9-4-7(6-17-9)10(13)12-5-8-2-1-3-16-8/h4,6,8H,1-3,5H2,(H,12,13)(H2,11,14,15). The van der Waals surface area contributed by atoms with Crippen molar-refractivity contribution in [2.24, 2.45) is 5.14 Å². The van der Waals surface area contributed by atoms with E-state index in [1.807, 2.05) is 0 Å². The van der Waals surface area contributed by atoms with Crippen LogP contribution in [-0.4, -0.2) is 33.6 Å². The Balaban J connectivity index is 1.94. The molecule has 0 radical (unpaired) electrons. The van der Waals surface area contributed by atoms with E-state index in [1.54, 1.807) is 0 Å². The maximum atomic E-state index is 11.7. The van der Waals surface area contributed by atoms with Gasteiger partial charge in [-0.3, -0.25) is 4.79 Å². The summed E-state index contributed by atoms with van der Waals surface area (Å²) in [5, 5.41) is 9.16. The fraction of sp³-hybridized carbons (Fsp3) is 0.500. The van der Waals surface area contributed by atoms with Crippen LogP contribution in [0.3, 0.4) is 0 Å². The number of ether oxygens (including phenoxy) is 1. The molecule has 0 bridgehead atoms. The smallest absolute Gasteiger partial charge is 0.252 e. The molecule has 1 unspecified atom stereocenters. The minimum absolute atomic E-state index is 0.00948. The van der Waals surface area contributed by atoms with E-state index in [9.17, 15) is 13.2 Å². The molecule has 1 saturated heterocycles. The van der Waals surface area contributed by atoms with Gasteiger partial charge in [0.15, 0.2) is 0 Å². The first kappa shape index (κ1) is 13.5. The van der Waals surface area contributed by atoms with E-state index in [1.165, 1.54) is 11.4 Å². The quantitative estimate of drug-likeness (QED) is 0.833. The lowest BCUT2D eigenvalue weighted by molar-refractivity contribution is 0.0858. The molecule has 0 aliphatic carbocycles. The summed E-state index contributed by atoms with van der Waals surface area (Å²) in [4.78, 5) is 11.7. The van der Waals surface area contributed by atoms with Gasteiger partial charge in [0.1, 0.15) is 4.21 Å². The zero-order valence-corrected chi connectivity index (χ0v) is 11.2. The number of carbonyl (C=O) groups is 1. The van der Waals surface area contributed by atoms with Crippen molar-refractivity contribution in [3.05, 3.63) is 17.0 Å². The fourth-order valence-corrected chi connectivity index (χ4v) is 3.28. The third-order valence-electron chi connectivity index (χ3n) is 2.63. The van der Waals surface area contributed by atoms with Crippen molar-refractivity contribution in [3.63, 3.8) is 0 Å². The van der Waals surface area contributed by atoms with E-state index in [-0.39, 0.29) is 16.2 Å². The molecule has 8 heteroatoms. The second-order valence-electron chi connectivity index (χ2n) is 4.04. The van der Waals surface area contributed by atoms with Gasteiger partial charge in [-0.25, -0.2) is 13.6 Å². The molecule has 1 aromatic rings. The summed E-state index contributed by atoms with van der Waals surface area (Å²) in [7, 11) is -3.73. The van der Waals surface area contributed by atoms with E-state index in [4.69, 9.17) is 9.88 Å². The molecule has 1 aromatic heterocycles. The number of hydrogen-bond acceptors (Lipinski definition) is 5. The van der Waals surface area contributed by atoms with Crippen molar-refractivity contribution >= 4 is 27.3 Å². The first-order valence-corrected chi connectivity index (χ1v) is 7.90. The van der Waals surface area contributed by atoms with Gasteiger partial charge in [-0.05, 0) is 18.9 Å².